The predicted molar refractivity (Wildman–Crippen MR) is 86.4 cm³/mol. The molecule has 0 saturated carbocycles. The SMILES string of the molecule is CCCOC(=O)C(F)(F)C(F)(Cl)C(F)(F)C(F)(Cl)C(F)(F)C(F)(Cl)C(=O)OCCC. The fraction of sp³-hybridized carbons (Fsp3) is 0.857. The summed E-state index contributed by atoms with van der Waals surface area (Å²) in [6.45, 7) is 0.853. The summed E-state index contributed by atoms with van der Waals surface area (Å²) in [5.74, 6) is -25.7. The topological polar surface area (TPSA) is 52.6 Å². The van der Waals surface area contributed by atoms with Crippen molar-refractivity contribution in [1.29, 1.82) is 0 Å². The third kappa shape index (κ3) is 4.52. The molecule has 4 nitrogen and oxygen atoms in total. The first-order valence-corrected chi connectivity index (χ1v) is 8.96. The van der Waals surface area contributed by atoms with Gasteiger partial charge in [-0.25, -0.2) is 22.8 Å². The van der Waals surface area contributed by atoms with E-state index in [2.05, 4.69) is 44.3 Å². The van der Waals surface area contributed by atoms with Gasteiger partial charge in [-0.05, 0) is 12.8 Å². The first kappa shape index (κ1) is 29.2. The molecule has 0 rings (SSSR count). The van der Waals surface area contributed by atoms with Gasteiger partial charge in [-0.3, -0.25) is 0 Å². The van der Waals surface area contributed by atoms with E-state index in [1.807, 2.05) is 0 Å². The Bertz CT molecular complexity index is 588. The molecule has 0 heterocycles. The Morgan fingerprint density at radius 2 is 1.03 bits per heavy atom. The number of rotatable bonds is 11. The Kier molecular flexibility index (Phi) is 9.10. The second-order valence-corrected chi connectivity index (χ2v) is 7.28. The highest BCUT2D eigenvalue weighted by atomic mass is 35.5. The summed E-state index contributed by atoms with van der Waals surface area (Å²) in [5, 5.41) is -18.4. The maximum absolute atomic E-state index is 14.3. The molecular formula is C14H14Cl3F9O4. The van der Waals surface area contributed by atoms with Crippen molar-refractivity contribution in [2.75, 3.05) is 13.2 Å². The normalized spacial score (nSPS) is 19.3. The smallest absolute Gasteiger partial charge is 0.395 e. The highest BCUT2D eigenvalue weighted by Gasteiger charge is 2.89. The lowest BCUT2D eigenvalue weighted by Crippen LogP contribution is -2.71. The average Bonchev–Trinajstić information content (AvgIpc) is 2.62. The van der Waals surface area contributed by atoms with Crippen molar-refractivity contribution in [3.8, 4) is 0 Å². The molecule has 3 unspecified atom stereocenters. The number of esters is 2. The Morgan fingerprint density at radius 3 is 1.40 bits per heavy atom. The van der Waals surface area contributed by atoms with E-state index in [-0.39, 0.29) is 12.8 Å². The molecule has 30 heavy (non-hydrogen) atoms. The zero-order chi connectivity index (χ0) is 24.4. The predicted octanol–water partition coefficient (Wildman–Crippen LogP) is 5.51. The molecule has 0 fully saturated rings. The van der Waals surface area contributed by atoms with Crippen LogP contribution in [0.2, 0.25) is 0 Å². The van der Waals surface area contributed by atoms with E-state index in [0.717, 1.165) is 0 Å². The molecule has 0 bridgehead atoms. The van der Waals surface area contributed by atoms with Crippen LogP contribution in [0.4, 0.5) is 39.5 Å². The first-order chi connectivity index (χ1) is 13.2. The van der Waals surface area contributed by atoms with E-state index in [0.29, 0.717) is 0 Å². The third-order valence-electron chi connectivity index (χ3n) is 3.36. The maximum Gasteiger partial charge on any atom is 0.395 e. The van der Waals surface area contributed by atoms with Crippen molar-refractivity contribution in [3.05, 3.63) is 0 Å². The van der Waals surface area contributed by atoms with Crippen molar-refractivity contribution in [1.82, 2.24) is 0 Å². The van der Waals surface area contributed by atoms with Crippen LogP contribution in [-0.4, -0.2) is 58.3 Å². The summed E-state index contributed by atoms with van der Waals surface area (Å²) in [5.41, 5.74) is 0. The third-order valence-corrected chi connectivity index (χ3v) is 4.70. The van der Waals surface area contributed by atoms with Gasteiger partial charge in [0.15, 0.2) is 0 Å². The number of hydrogen-bond acceptors (Lipinski definition) is 4. The van der Waals surface area contributed by atoms with Crippen molar-refractivity contribution < 1.29 is 58.6 Å². The molecule has 0 aliphatic carbocycles. The van der Waals surface area contributed by atoms with Crippen molar-refractivity contribution in [3.63, 3.8) is 0 Å². The number of carbonyl (C=O) groups excluding carboxylic acids is 2. The van der Waals surface area contributed by atoms with Crippen LogP contribution in [0.15, 0.2) is 0 Å². The minimum atomic E-state index is -6.96. The van der Waals surface area contributed by atoms with E-state index >= 15 is 0 Å². The minimum absolute atomic E-state index is 0.122. The highest BCUT2D eigenvalue weighted by Crippen LogP contribution is 2.62. The van der Waals surface area contributed by atoms with E-state index in [1.54, 1.807) is 0 Å². The summed E-state index contributed by atoms with van der Waals surface area (Å²) in [7, 11) is 0. The van der Waals surface area contributed by atoms with Crippen LogP contribution in [0.1, 0.15) is 26.7 Å². The summed E-state index contributed by atoms with van der Waals surface area (Å²) >= 11 is 13.1. The molecule has 0 saturated heterocycles. The molecule has 0 N–H and O–H groups in total. The standard InChI is InChI=1S/C14H14Cl3F9O4/c1-3-5-29-7(27)9(15,18)13(23,24)12(17,22)14(25,26)11(16,21)10(19,20)8(28)30-6-4-2/h3-6H2,1-2H3. The Morgan fingerprint density at radius 1 is 0.667 bits per heavy atom. The molecule has 3 atom stereocenters. The van der Waals surface area contributed by atoms with E-state index < -0.39 is 58.3 Å². The Balaban J connectivity index is 6.32. The van der Waals surface area contributed by atoms with Gasteiger partial charge < -0.3 is 9.47 Å². The molecule has 0 aromatic carbocycles. The van der Waals surface area contributed by atoms with Crippen LogP contribution in [0.5, 0.6) is 0 Å². The van der Waals surface area contributed by atoms with E-state index in [9.17, 15) is 49.1 Å². The summed E-state index contributed by atoms with van der Waals surface area (Å²) in [6, 6.07) is 0. The number of carbonyl (C=O) groups is 2. The summed E-state index contributed by atoms with van der Waals surface area (Å²) < 4.78 is 134. The maximum atomic E-state index is 14.3. The van der Waals surface area contributed by atoms with Crippen molar-refractivity contribution in [2.24, 2.45) is 0 Å². The van der Waals surface area contributed by atoms with Crippen LogP contribution >= 0.6 is 34.8 Å². The van der Waals surface area contributed by atoms with Gasteiger partial charge in [-0.1, -0.05) is 48.7 Å². The fourth-order valence-corrected chi connectivity index (χ4v) is 2.37. The van der Waals surface area contributed by atoms with Gasteiger partial charge in [0.1, 0.15) is 0 Å². The van der Waals surface area contributed by atoms with Crippen molar-refractivity contribution in [2.45, 2.75) is 59.8 Å². The van der Waals surface area contributed by atoms with Gasteiger partial charge in [0, 0.05) is 0 Å². The number of halogens is 12. The molecule has 0 aliphatic rings. The fourth-order valence-electron chi connectivity index (χ4n) is 1.62. The molecule has 178 valence electrons. The van der Waals surface area contributed by atoms with Gasteiger partial charge in [0.2, 0.25) is 0 Å². The second-order valence-electron chi connectivity index (χ2n) is 5.72. The highest BCUT2D eigenvalue weighted by molar-refractivity contribution is 6.35. The number of hydrogen-bond donors (Lipinski definition) is 0. The van der Waals surface area contributed by atoms with Gasteiger partial charge in [-0.2, -0.15) is 26.3 Å². The molecule has 0 aliphatic heterocycles. The van der Waals surface area contributed by atoms with E-state index in [1.165, 1.54) is 13.8 Å². The molecule has 0 aromatic heterocycles. The van der Waals surface area contributed by atoms with Gasteiger partial charge in [0.25, 0.3) is 0 Å². The van der Waals surface area contributed by atoms with Gasteiger partial charge in [-0.15, -0.1) is 0 Å². The largest absolute Gasteiger partial charge is 0.462 e. The average molecular weight is 524 g/mol. The number of ether oxygens (including phenoxy) is 2. The Hall–Kier alpha value is -0.820. The zero-order valence-corrected chi connectivity index (χ0v) is 17.3. The minimum Gasteiger partial charge on any atom is -0.462 e. The summed E-state index contributed by atoms with van der Waals surface area (Å²) in [4.78, 5) is 22.4. The molecule has 0 aromatic rings. The van der Waals surface area contributed by atoms with Crippen LogP contribution in [0, 0.1) is 0 Å². The van der Waals surface area contributed by atoms with Crippen LogP contribution < -0.4 is 0 Å². The van der Waals surface area contributed by atoms with Crippen LogP contribution in [0.25, 0.3) is 0 Å². The van der Waals surface area contributed by atoms with Crippen LogP contribution in [-0.2, 0) is 19.1 Å². The monoisotopic (exact) mass is 522 g/mol. The van der Waals surface area contributed by atoms with Crippen LogP contribution in [0.3, 0.4) is 0 Å². The van der Waals surface area contributed by atoms with Gasteiger partial charge in [0.05, 0.1) is 13.2 Å². The lowest BCUT2D eigenvalue weighted by atomic mass is 9.94. The van der Waals surface area contributed by atoms with Crippen molar-refractivity contribution >= 4 is 46.7 Å². The zero-order valence-electron chi connectivity index (χ0n) is 15.0. The Labute approximate surface area is 178 Å². The lowest BCUT2D eigenvalue weighted by molar-refractivity contribution is -0.293. The molecule has 0 radical (unpaired) electrons. The van der Waals surface area contributed by atoms with E-state index in [4.69, 9.17) is 0 Å². The van der Waals surface area contributed by atoms with Gasteiger partial charge >= 0.3 is 45.1 Å². The molecular weight excluding hydrogens is 509 g/mol. The molecule has 16 heteroatoms. The quantitative estimate of drug-likeness (QED) is 0.204. The summed E-state index contributed by atoms with van der Waals surface area (Å²) in [6.07, 6.45) is -0.291. The second kappa shape index (κ2) is 9.35. The molecule has 0 amide bonds. The number of alkyl halides is 12. The molecule has 0 spiro atoms. The first-order valence-electron chi connectivity index (χ1n) is 7.83. The lowest BCUT2D eigenvalue weighted by Gasteiger charge is -2.42.